The van der Waals surface area contributed by atoms with E-state index in [9.17, 15) is 8.42 Å². The Bertz CT molecular complexity index is 846. The lowest BCUT2D eigenvalue weighted by molar-refractivity contribution is 0.396. The Hall–Kier alpha value is -1.22. The fourth-order valence-electron chi connectivity index (χ4n) is 1.69. The highest BCUT2D eigenvalue weighted by molar-refractivity contribution is 9.10. The molecule has 1 N–H and O–H groups in total. The fraction of sp³-hybridized carbons (Fsp3) is 0.154. The number of benzene rings is 1. The van der Waals surface area contributed by atoms with Gasteiger partial charge in [0.2, 0.25) is 0 Å². The molecule has 10 heteroatoms. The summed E-state index contributed by atoms with van der Waals surface area (Å²) in [5.41, 5.74) is 0.171. The van der Waals surface area contributed by atoms with E-state index in [1.54, 1.807) is 0 Å². The van der Waals surface area contributed by atoms with Crippen molar-refractivity contribution < 1.29 is 17.9 Å². The van der Waals surface area contributed by atoms with E-state index in [-0.39, 0.29) is 26.5 Å². The Balaban J connectivity index is 2.44. The summed E-state index contributed by atoms with van der Waals surface area (Å²) in [5, 5.41) is 0.399. The number of ether oxygens (including phenoxy) is 2. The molecule has 2 aromatic rings. The molecular weight excluding hydrogens is 431 g/mol. The van der Waals surface area contributed by atoms with Crippen molar-refractivity contribution in [2.24, 2.45) is 0 Å². The van der Waals surface area contributed by atoms with E-state index in [0.717, 1.165) is 6.20 Å². The van der Waals surface area contributed by atoms with Crippen molar-refractivity contribution in [2.75, 3.05) is 18.9 Å². The first-order chi connectivity index (χ1) is 10.8. The van der Waals surface area contributed by atoms with Crippen LogP contribution in [0.1, 0.15) is 0 Å². The summed E-state index contributed by atoms with van der Waals surface area (Å²) in [6, 6.07) is 4.22. The van der Waals surface area contributed by atoms with Gasteiger partial charge in [0.15, 0.2) is 0 Å². The average molecular weight is 442 g/mol. The van der Waals surface area contributed by atoms with Gasteiger partial charge in [-0.1, -0.05) is 23.2 Å². The zero-order chi connectivity index (χ0) is 17.2. The number of methoxy groups -OCH3 is 2. The van der Waals surface area contributed by atoms with Gasteiger partial charge in [-0.3, -0.25) is 4.72 Å². The first kappa shape index (κ1) is 18.1. The number of pyridine rings is 1. The first-order valence-electron chi connectivity index (χ1n) is 6.04. The lowest BCUT2D eigenvalue weighted by Gasteiger charge is -2.14. The summed E-state index contributed by atoms with van der Waals surface area (Å²) in [7, 11) is -1.05. The van der Waals surface area contributed by atoms with E-state index in [1.165, 1.54) is 32.4 Å². The minimum Gasteiger partial charge on any atom is -0.495 e. The van der Waals surface area contributed by atoms with E-state index >= 15 is 0 Å². The number of nitrogens with one attached hydrogen (secondary N) is 1. The molecule has 124 valence electrons. The molecule has 0 atom stereocenters. The van der Waals surface area contributed by atoms with Crippen molar-refractivity contribution in [3.63, 3.8) is 0 Å². The number of hydrogen-bond donors (Lipinski definition) is 1. The lowest BCUT2D eigenvalue weighted by atomic mass is 10.3. The Morgan fingerprint density at radius 3 is 2.35 bits per heavy atom. The highest BCUT2D eigenvalue weighted by Gasteiger charge is 2.20. The number of nitrogens with zero attached hydrogens (tertiary/aromatic N) is 1. The van der Waals surface area contributed by atoms with Gasteiger partial charge in [0.25, 0.3) is 10.0 Å². The monoisotopic (exact) mass is 440 g/mol. The second-order valence-corrected chi connectivity index (χ2v) is 7.54. The molecule has 0 bridgehead atoms. The third kappa shape index (κ3) is 4.00. The maximum atomic E-state index is 12.5. The van der Waals surface area contributed by atoms with Gasteiger partial charge in [0, 0.05) is 12.3 Å². The Morgan fingerprint density at radius 2 is 1.78 bits per heavy atom. The molecule has 0 unspecified atom stereocenters. The van der Waals surface area contributed by atoms with Gasteiger partial charge in [0.05, 0.1) is 29.4 Å². The van der Waals surface area contributed by atoms with Crippen LogP contribution < -0.4 is 14.2 Å². The quantitative estimate of drug-likeness (QED) is 0.710. The molecule has 1 aromatic heterocycles. The van der Waals surface area contributed by atoms with Gasteiger partial charge in [-0.05, 0) is 28.1 Å². The first-order valence-corrected chi connectivity index (χ1v) is 9.07. The summed E-state index contributed by atoms with van der Waals surface area (Å²) in [4.78, 5) is 3.73. The minimum absolute atomic E-state index is 0.0669. The van der Waals surface area contributed by atoms with E-state index in [2.05, 4.69) is 25.6 Å². The van der Waals surface area contributed by atoms with Gasteiger partial charge >= 0.3 is 0 Å². The molecule has 0 aliphatic heterocycles. The maximum absolute atomic E-state index is 12.5. The van der Waals surface area contributed by atoms with Crippen LogP contribution in [0.2, 0.25) is 10.2 Å². The zero-order valence-corrected chi connectivity index (χ0v) is 15.8. The molecule has 2 rings (SSSR count). The Kier molecular flexibility index (Phi) is 5.61. The zero-order valence-electron chi connectivity index (χ0n) is 11.9. The number of anilines is 1. The van der Waals surface area contributed by atoms with Crippen molar-refractivity contribution in [1.82, 2.24) is 4.98 Å². The molecule has 0 saturated heterocycles. The second-order valence-electron chi connectivity index (χ2n) is 4.24. The number of halogens is 3. The highest BCUT2D eigenvalue weighted by Crippen LogP contribution is 2.37. The van der Waals surface area contributed by atoms with Crippen LogP contribution in [0.5, 0.6) is 11.5 Å². The molecule has 0 aliphatic rings. The molecule has 1 aromatic carbocycles. The van der Waals surface area contributed by atoms with Gasteiger partial charge < -0.3 is 9.47 Å². The van der Waals surface area contributed by atoms with Crippen molar-refractivity contribution >= 4 is 54.8 Å². The Labute approximate surface area is 151 Å². The molecule has 0 radical (unpaired) electrons. The van der Waals surface area contributed by atoms with Crippen molar-refractivity contribution in [3.8, 4) is 11.5 Å². The van der Waals surface area contributed by atoms with Crippen LogP contribution in [0.3, 0.4) is 0 Å². The van der Waals surface area contributed by atoms with Crippen LogP contribution in [-0.2, 0) is 10.0 Å². The number of hydrogen-bond acceptors (Lipinski definition) is 5. The minimum atomic E-state index is -3.90. The third-order valence-corrected chi connectivity index (χ3v) is 5.56. The molecule has 0 spiro atoms. The van der Waals surface area contributed by atoms with E-state index in [4.69, 9.17) is 32.7 Å². The third-order valence-electron chi connectivity index (χ3n) is 2.80. The van der Waals surface area contributed by atoms with Gasteiger partial charge in [-0.2, -0.15) is 0 Å². The summed E-state index contributed by atoms with van der Waals surface area (Å²) in [6.45, 7) is 0. The fourth-order valence-corrected chi connectivity index (χ4v) is 3.57. The van der Waals surface area contributed by atoms with E-state index in [1.807, 2.05) is 0 Å². The van der Waals surface area contributed by atoms with Crippen LogP contribution >= 0.6 is 39.1 Å². The molecule has 23 heavy (non-hydrogen) atoms. The maximum Gasteiger partial charge on any atom is 0.263 e. The van der Waals surface area contributed by atoms with Gasteiger partial charge in [0.1, 0.15) is 21.5 Å². The van der Waals surface area contributed by atoms with E-state index < -0.39 is 10.0 Å². The molecule has 0 aliphatic carbocycles. The Morgan fingerprint density at radius 1 is 1.13 bits per heavy atom. The SMILES string of the molecule is COc1cc(OC)c(NS(=O)(=O)c2cnc(Cl)c(Br)c2)cc1Cl. The molecular formula is C13H11BrCl2N2O4S. The highest BCUT2D eigenvalue weighted by atomic mass is 79.9. The second kappa shape index (κ2) is 7.12. The topological polar surface area (TPSA) is 77.5 Å². The predicted molar refractivity (Wildman–Crippen MR) is 92.3 cm³/mol. The van der Waals surface area contributed by atoms with Crippen molar-refractivity contribution in [2.45, 2.75) is 4.90 Å². The van der Waals surface area contributed by atoms with E-state index in [0.29, 0.717) is 10.2 Å². The summed E-state index contributed by atoms with van der Waals surface area (Å²) >= 11 is 14.9. The van der Waals surface area contributed by atoms with Crippen LogP contribution in [0, 0.1) is 0 Å². The molecule has 0 fully saturated rings. The van der Waals surface area contributed by atoms with Crippen molar-refractivity contribution in [3.05, 3.63) is 39.0 Å². The summed E-state index contributed by atoms with van der Waals surface area (Å²) in [6.07, 6.45) is 1.15. The van der Waals surface area contributed by atoms with Gasteiger partial charge in [-0.25, -0.2) is 13.4 Å². The number of rotatable bonds is 5. The normalized spacial score (nSPS) is 11.2. The average Bonchev–Trinajstić information content (AvgIpc) is 2.50. The molecule has 0 saturated carbocycles. The van der Waals surface area contributed by atoms with Crippen LogP contribution in [0.25, 0.3) is 0 Å². The number of aromatic nitrogens is 1. The van der Waals surface area contributed by atoms with Crippen LogP contribution in [-0.4, -0.2) is 27.6 Å². The molecule has 1 heterocycles. The largest absolute Gasteiger partial charge is 0.495 e. The van der Waals surface area contributed by atoms with Crippen LogP contribution in [0.4, 0.5) is 5.69 Å². The molecule has 6 nitrogen and oxygen atoms in total. The lowest BCUT2D eigenvalue weighted by Crippen LogP contribution is -2.14. The smallest absolute Gasteiger partial charge is 0.263 e. The standard InChI is InChI=1S/C13H11BrCl2N2O4S/c1-21-11-5-12(22-2)10(4-9(11)15)18-23(19,20)7-3-8(14)13(16)17-6-7/h3-6,18H,1-2H3. The summed E-state index contributed by atoms with van der Waals surface area (Å²) in [5.74, 6) is 0.623. The number of sulfonamides is 1. The molecule has 0 amide bonds. The predicted octanol–water partition coefficient (Wildman–Crippen LogP) is 3.97. The van der Waals surface area contributed by atoms with Gasteiger partial charge in [-0.15, -0.1) is 0 Å². The summed E-state index contributed by atoms with van der Waals surface area (Å²) < 4.78 is 37.9. The van der Waals surface area contributed by atoms with Crippen LogP contribution in [0.15, 0.2) is 33.8 Å². The van der Waals surface area contributed by atoms with Crippen molar-refractivity contribution in [1.29, 1.82) is 0 Å².